The minimum Gasteiger partial charge on any atom is -0.478 e. The van der Waals surface area contributed by atoms with Crippen molar-refractivity contribution < 1.29 is 29.6 Å². The Hall–Kier alpha value is -1.40. The lowest BCUT2D eigenvalue weighted by Crippen LogP contribution is -2.26. The smallest absolute Gasteiger partial charge is 0.335 e. The number of ether oxygens (including phenoxy) is 1. The predicted molar refractivity (Wildman–Crippen MR) is 57.2 cm³/mol. The topological polar surface area (TPSA) is 104 Å². The Kier molecular flexibility index (Phi) is 5.11. The number of hydrogen-bond acceptors (Lipinski definition) is 5. The molecule has 1 aliphatic heterocycles. The first-order valence-corrected chi connectivity index (χ1v) is 5.46. The third-order valence-corrected chi connectivity index (χ3v) is 2.69. The molecule has 0 aliphatic carbocycles. The van der Waals surface area contributed by atoms with Crippen LogP contribution in [0.15, 0.2) is 11.1 Å². The van der Waals surface area contributed by atoms with Crippen LogP contribution in [0.2, 0.25) is 0 Å². The van der Waals surface area contributed by atoms with Crippen molar-refractivity contribution in [1.82, 2.24) is 0 Å². The van der Waals surface area contributed by atoms with Gasteiger partial charge in [-0.15, -0.1) is 0 Å². The quantitative estimate of drug-likeness (QED) is 0.469. The van der Waals surface area contributed by atoms with Gasteiger partial charge in [-0.25, -0.2) is 4.79 Å². The summed E-state index contributed by atoms with van der Waals surface area (Å²) in [6.07, 6.45) is 1.14. The molecule has 3 N–H and O–H groups in total. The van der Waals surface area contributed by atoms with Gasteiger partial charge in [0.1, 0.15) is 6.10 Å². The van der Waals surface area contributed by atoms with Crippen LogP contribution in [0.1, 0.15) is 25.7 Å². The van der Waals surface area contributed by atoms with Crippen LogP contribution >= 0.6 is 0 Å². The van der Waals surface area contributed by atoms with Crippen molar-refractivity contribution in [2.24, 2.45) is 0 Å². The van der Waals surface area contributed by atoms with Gasteiger partial charge in [0.05, 0.1) is 18.8 Å². The lowest BCUT2D eigenvalue weighted by molar-refractivity contribution is -0.147. The highest BCUT2D eigenvalue weighted by molar-refractivity contribution is 5.89. The molecule has 1 rings (SSSR count). The van der Waals surface area contributed by atoms with Gasteiger partial charge in [-0.3, -0.25) is 4.79 Å². The van der Waals surface area contributed by atoms with Gasteiger partial charge in [0.2, 0.25) is 0 Å². The maximum absolute atomic E-state index is 11.3. The van der Waals surface area contributed by atoms with E-state index in [9.17, 15) is 9.59 Å². The standard InChI is InChI=1S/C11H16O6/c12-5-7(6-13)10(11(15)16)8-3-1-2-4-9(14)17-8/h8,12-13H,1-6H2,(H,15,16). The number of aliphatic hydroxyl groups excluding tert-OH is 2. The monoisotopic (exact) mass is 244 g/mol. The number of aliphatic carboxylic acids is 1. The second-order valence-corrected chi connectivity index (χ2v) is 3.86. The number of carbonyl (C=O) groups excluding carboxylic acids is 1. The minimum absolute atomic E-state index is 0.0165. The zero-order chi connectivity index (χ0) is 12.8. The second kappa shape index (κ2) is 6.36. The van der Waals surface area contributed by atoms with Gasteiger partial charge >= 0.3 is 11.9 Å². The lowest BCUT2D eigenvalue weighted by Gasteiger charge is -2.18. The first kappa shape index (κ1) is 13.7. The number of cyclic esters (lactones) is 1. The lowest BCUT2D eigenvalue weighted by atomic mass is 9.99. The Balaban J connectivity index is 3.01. The highest BCUT2D eigenvalue weighted by atomic mass is 16.5. The van der Waals surface area contributed by atoms with E-state index in [2.05, 4.69) is 0 Å². The summed E-state index contributed by atoms with van der Waals surface area (Å²) >= 11 is 0. The van der Waals surface area contributed by atoms with E-state index in [1.807, 2.05) is 0 Å². The summed E-state index contributed by atoms with van der Waals surface area (Å²) in [6.45, 7) is -1.13. The summed E-state index contributed by atoms with van der Waals surface area (Å²) in [5.41, 5.74) is -0.220. The number of carbonyl (C=O) groups is 2. The molecule has 0 amide bonds. The van der Waals surface area contributed by atoms with Gasteiger partial charge in [0, 0.05) is 6.42 Å². The van der Waals surface area contributed by atoms with Crippen molar-refractivity contribution in [3.63, 3.8) is 0 Å². The summed E-state index contributed by atoms with van der Waals surface area (Å²) < 4.78 is 5.02. The molecule has 0 aromatic heterocycles. The molecule has 1 unspecified atom stereocenters. The summed E-state index contributed by atoms with van der Waals surface area (Å²) in [7, 11) is 0. The maximum Gasteiger partial charge on any atom is 0.335 e. The Morgan fingerprint density at radius 3 is 2.47 bits per heavy atom. The van der Waals surface area contributed by atoms with Gasteiger partial charge in [-0.2, -0.15) is 0 Å². The first-order valence-electron chi connectivity index (χ1n) is 5.46. The molecule has 0 aromatic carbocycles. The van der Waals surface area contributed by atoms with Crippen molar-refractivity contribution in [2.75, 3.05) is 13.2 Å². The Bertz CT molecular complexity index is 327. The van der Waals surface area contributed by atoms with E-state index >= 15 is 0 Å². The number of rotatable bonds is 4. The predicted octanol–water partition coefficient (Wildman–Crippen LogP) is -0.162. The van der Waals surface area contributed by atoms with Crippen molar-refractivity contribution in [1.29, 1.82) is 0 Å². The largest absolute Gasteiger partial charge is 0.478 e. The highest BCUT2D eigenvalue weighted by Crippen LogP contribution is 2.22. The summed E-state index contributed by atoms with van der Waals surface area (Å²) in [5.74, 6) is -1.72. The number of hydrogen-bond donors (Lipinski definition) is 3. The normalized spacial score (nSPS) is 20.4. The van der Waals surface area contributed by atoms with Crippen LogP contribution in [-0.4, -0.2) is 46.6 Å². The minimum atomic E-state index is -1.28. The summed E-state index contributed by atoms with van der Waals surface area (Å²) in [4.78, 5) is 22.4. The molecule has 1 atom stereocenters. The SMILES string of the molecule is O=C1CCCCC(C(C(=O)O)=C(CO)CO)O1. The van der Waals surface area contributed by atoms with E-state index in [1.165, 1.54) is 0 Å². The van der Waals surface area contributed by atoms with E-state index in [1.54, 1.807) is 0 Å². The third-order valence-electron chi connectivity index (χ3n) is 2.69. The summed E-state index contributed by atoms with van der Waals surface area (Å²) in [6, 6.07) is 0. The van der Waals surface area contributed by atoms with E-state index in [4.69, 9.17) is 20.1 Å². The van der Waals surface area contributed by atoms with E-state index in [0.29, 0.717) is 19.3 Å². The maximum atomic E-state index is 11.3. The molecule has 0 saturated carbocycles. The van der Waals surface area contributed by atoms with Crippen LogP contribution in [-0.2, 0) is 14.3 Å². The van der Waals surface area contributed by atoms with Crippen LogP contribution in [0, 0.1) is 0 Å². The molecular formula is C11H16O6. The second-order valence-electron chi connectivity index (χ2n) is 3.86. The van der Waals surface area contributed by atoms with Gasteiger partial charge in [0.25, 0.3) is 0 Å². The molecule has 0 bridgehead atoms. The van der Waals surface area contributed by atoms with Crippen molar-refractivity contribution >= 4 is 11.9 Å². The zero-order valence-corrected chi connectivity index (χ0v) is 9.39. The molecule has 6 nitrogen and oxygen atoms in total. The van der Waals surface area contributed by atoms with Gasteiger partial charge in [0.15, 0.2) is 0 Å². The van der Waals surface area contributed by atoms with Crippen molar-refractivity contribution in [2.45, 2.75) is 31.8 Å². The molecule has 1 heterocycles. The fraction of sp³-hybridized carbons (Fsp3) is 0.636. The molecule has 0 spiro atoms. The molecule has 6 heteroatoms. The van der Waals surface area contributed by atoms with Crippen LogP contribution in [0.25, 0.3) is 0 Å². The molecule has 96 valence electrons. The number of carboxylic acids is 1. The van der Waals surface area contributed by atoms with Crippen LogP contribution < -0.4 is 0 Å². The zero-order valence-electron chi connectivity index (χ0n) is 9.39. The van der Waals surface area contributed by atoms with E-state index in [0.717, 1.165) is 0 Å². The fourth-order valence-corrected chi connectivity index (χ4v) is 1.82. The van der Waals surface area contributed by atoms with Crippen LogP contribution in [0.5, 0.6) is 0 Å². The fourth-order valence-electron chi connectivity index (χ4n) is 1.82. The molecule has 0 aromatic rings. The van der Waals surface area contributed by atoms with E-state index in [-0.39, 0.29) is 17.6 Å². The first-order chi connectivity index (χ1) is 8.10. The molecule has 17 heavy (non-hydrogen) atoms. The number of carboxylic acid groups (broad SMARTS) is 1. The molecule has 1 saturated heterocycles. The Morgan fingerprint density at radius 1 is 1.29 bits per heavy atom. The molecular weight excluding hydrogens is 228 g/mol. The van der Waals surface area contributed by atoms with Crippen LogP contribution in [0.3, 0.4) is 0 Å². The Labute approximate surface area is 98.5 Å². The summed E-state index contributed by atoms with van der Waals surface area (Å²) in [5, 5.41) is 27.0. The van der Waals surface area contributed by atoms with E-state index < -0.39 is 31.3 Å². The molecule has 1 fully saturated rings. The van der Waals surface area contributed by atoms with Gasteiger partial charge < -0.3 is 20.1 Å². The number of aliphatic hydroxyl groups is 2. The average molecular weight is 244 g/mol. The highest BCUT2D eigenvalue weighted by Gasteiger charge is 2.28. The molecule has 0 radical (unpaired) electrons. The number of esters is 1. The third kappa shape index (κ3) is 3.54. The van der Waals surface area contributed by atoms with Gasteiger partial charge in [-0.1, -0.05) is 0 Å². The average Bonchev–Trinajstić information content (AvgIpc) is 2.49. The van der Waals surface area contributed by atoms with Crippen LogP contribution in [0.4, 0.5) is 0 Å². The van der Waals surface area contributed by atoms with Gasteiger partial charge in [-0.05, 0) is 24.8 Å². The van der Waals surface area contributed by atoms with Crippen molar-refractivity contribution in [3.8, 4) is 0 Å². The molecule has 1 aliphatic rings. The Morgan fingerprint density at radius 2 is 1.94 bits per heavy atom. The van der Waals surface area contributed by atoms with Crippen molar-refractivity contribution in [3.05, 3.63) is 11.1 Å².